The van der Waals surface area contributed by atoms with Crippen molar-refractivity contribution in [2.75, 3.05) is 0 Å². The Kier molecular flexibility index (Phi) is 6.94. The van der Waals surface area contributed by atoms with Gasteiger partial charge in [-0.2, -0.15) is 0 Å². The van der Waals surface area contributed by atoms with Crippen LogP contribution in [-0.4, -0.2) is 11.1 Å². The van der Waals surface area contributed by atoms with Gasteiger partial charge in [-0.15, -0.1) is 11.8 Å². The summed E-state index contributed by atoms with van der Waals surface area (Å²) in [5.74, 6) is 0.850. The van der Waals surface area contributed by atoms with Crippen molar-refractivity contribution < 1.29 is 14.6 Å². The molecule has 0 fully saturated rings. The normalized spacial score (nSPS) is 10.5. The van der Waals surface area contributed by atoms with E-state index in [4.69, 9.17) is 9.84 Å². The van der Waals surface area contributed by atoms with Crippen LogP contribution in [0.15, 0.2) is 83.8 Å². The SMILES string of the molecule is O=C(O)CCc1cc(OCc2ccccc2)cc(SCc2ccccc2)c1. The molecular formula is C23H22O3S. The van der Waals surface area contributed by atoms with Crippen LogP contribution in [0.4, 0.5) is 0 Å². The summed E-state index contributed by atoms with van der Waals surface area (Å²) < 4.78 is 5.97. The van der Waals surface area contributed by atoms with Gasteiger partial charge in [0.25, 0.3) is 0 Å². The molecule has 0 spiro atoms. The Morgan fingerprint density at radius 1 is 0.852 bits per heavy atom. The number of carboxylic acid groups (broad SMARTS) is 1. The second kappa shape index (κ2) is 9.83. The molecule has 0 bridgehead atoms. The van der Waals surface area contributed by atoms with Gasteiger partial charge in [0, 0.05) is 17.1 Å². The first kappa shape index (κ1) is 19.1. The fourth-order valence-electron chi connectivity index (χ4n) is 2.67. The molecule has 1 N–H and O–H groups in total. The molecule has 0 radical (unpaired) electrons. The molecule has 3 aromatic rings. The summed E-state index contributed by atoms with van der Waals surface area (Å²) in [5, 5.41) is 8.98. The van der Waals surface area contributed by atoms with Crippen molar-refractivity contribution in [3.63, 3.8) is 0 Å². The number of hydrogen-bond donors (Lipinski definition) is 1. The maximum absolute atomic E-state index is 10.9. The molecule has 3 aromatic carbocycles. The van der Waals surface area contributed by atoms with Gasteiger partial charge in [-0.3, -0.25) is 4.79 Å². The molecule has 138 valence electrons. The number of carboxylic acids is 1. The van der Waals surface area contributed by atoms with E-state index in [1.165, 1.54) is 5.56 Å². The molecule has 0 aromatic heterocycles. The average Bonchev–Trinajstić information content (AvgIpc) is 2.71. The zero-order valence-electron chi connectivity index (χ0n) is 15.0. The number of thioether (sulfide) groups is 1. The third kappa shape index (κ3) is 6.50. The Balaban J connectivity index is 1.72. The summed E-state index contributed by atoms with van der Waals surface area (Å²) in [6.07, 6.45) is 0.613. The highest BCUT2D eigenvalue weighted by atomic mass is 32.2. The van der Waals surface area contributed by atoms with Gasteiger partial charge in [-0.1, -0.05) is 60.7 Å². The fourth-order valence-corrected chi connectivity index (χ4v) is 3.63. The zero-order valence-corrected chi connectivity index (χ0v) is 15.8. The Morgan fingerprint density at radius 3 is 2.19 bits per heavy atom. The van der Waals surface area contributed by atoms with Crippen LogP contribution < -0.4 is 4.74 Å². The van der Waals surface area contributed by atoms with Crippen molar-refractivity contribution in [3.05, 3.63) is 95.6 Å². The minimum atomic E-state index is -0.788. The highest BCUT2D eigenvalue weighted by molar-refractivity contribution is 7.98. The number of aliphatic carboxylic acids is 1. The predicted molar refractivity (Wildman–Crippen MR) is 109 cm³/mol. The van der Waals surface area contributed by atoms with Gasteiger partial charge in [0.15, 0.2) is 0 Å². The lowest BCUT2D eigenvalue weighted by atomic mass is 10.1. The Bertz CT molecular complexity index is 802. The smallest absolute Gasteiger partial charge is 0.303 e. The minimum absolute atomic E-state index is 0.116. The number of ether oxygens (including phenoxy) is 1. The molecule has 0 aliphatic carbocycles. The number of rotatable bonds is 9. The van der Waals surface area contributed by atoms with Crippen LogP contribution in [-0.2, 0) is 23.6 Å². The molecule has 27 heavy (non-hydrogen) atoms. The van der Waals surface area contributed by atoms with E-state index in [1.807, 2.05) is 60.7 Å². The van der Waals surface area contributed by atoms with Crippen LogP contribution in [0.5, 0.6) is 5.75 Å². The van der Waals surface area contributed by atoms with E-state index in [0.717, 1.165) is 27.5 Å². The van der Waals surface area contributed by atoms with Crippen LogP contribution in [0.2, 0.25) is 0 Å². The lowest BCUT2D eigenvalue weighted by Gasteiger charge is -2.11. The first-order chi connectivity index (χ1) is 13.2. The second-order valence-electron chi connectivity index (χ2n) is 6.25. The molecule has 0 unspecified atom stereocenters. The first-order valence-corrected chi connectivity index (χ1v) is 9.87. The third-order valence-electron chi connectivity index (χ3n) is 4.06. The summed E-state index contributed by atoms with van der Waals surface area (Å²) in [6, 6.07) is 26.3. The largest absolute Gasteiger partial charge is 0.489 e. The molecule has 0 saturated heterocycles. The number of benzene rings is 3. The minimum Gasteiger partial charge on any atom is -0.489 e. The maximum atomic E-state index is 10.9. The lowest BCUT2D eigenvalue weighted by Crippen LogP contribution is -1.99. The molecule has 3 rings (SSSR count). The fraction of sp³-hybridized carbons (Fsp3) is 0.174. The van der Waals surface area contributed by atoms with Crippen LogP contribution in [0.1, 0.15) is 23.1 Å². The van der Waals surface area contributed by atoms with Crippen LogP contribution in [0.25, 0.3) is 0 Å². The van der Waals surface area contributed by atoms with E-state index in [2.05, 4.69) is 18.2 Å². The van der Waals surface area contributed by atoms with Crippen LogP contribution in [0.3, 0.4) is 0 Å². The summed E-state index contributed by atoms with van der Waals surface area (Å²) in [7, 11) is 0. The molecule has 0 atom stereocenters. The number of carbonyl (C=O) groups is 1. The first-order valence-electron chi connectivity index (χ1n) is 8.88. The van der Waals surface area contributed by atoms with Gasteiger partial charge in [0.2, 0.25) is 0 Å². The predicted octanol–water partition coefficient (Wildman–Crippen LogP) is 5.58. The van der Waals surface area contributed by atoms with Crippen LogP contribution >= 0.6 is 11.8 Å². The van der Waals surface area contributed by atoms with Crippen molar-refractivity contribution in [1.29, 1.82) is 0 Å². The highest BCUT2D eigenvalue weighted by Crippen LogP contribution is 2.29. The summed E-state index contributed by atoms with van der Waals surface area (Å²) in [6.45, 7) is 0.492. The molecular weight excluding hydrogens is 356 g/mol. The van der Waals surface area contributed by atoms with E-state index >= 15 is 0 Å². The van der Waals surface area contributed by atoms with Gasteiger partial charge in [-0.05, 0) is 41.3 Å². The lowest BCUT2D eigenvalue weighted by molar-refractivity contribution is -0.136. The van der Waals surface area contributed by atoms with Gasteiger partial charge in [0.1, 0.15) is 12.4 Å². The molecule has 3 nitrogen and oxygen atoms in total. The van der Waals surface area contributed by atoms with Gasteiger partial charge >= 0.3 is 5.97 Å². The van der Waals surface area contributed by atoms with Gasteiger partial charge in [-0.25, -0.2) is 0 Å². The molecule has 0 aliphatic heterocycles. The number of aryl methyl sites for hydroxylation is 1. The Hall–Kier alpha value is -2.72. The highest BCUT2D eigenvalue weighted by Gasteiger charge is 2.06. The second-order valence-corrected chi connectivity index (χ2v) is 7.30. The Morgan fingerprint density at radius 2 is 1.52 bits per heavy atom. The summed E-state index contributed by atoms with van der Waals surface area (Å²) in [5.41, 5.74) is 3.34. The van der Waals surface area contributed by atoms with E-state index in [1.54, 1.807) is 11.8 Å². The average molecular weight is 378 g/mol. The van der Waals surface area contributed by atoms with E-state index in [9.17, 15) is 4.79 Å². The third-order valence-corrected chi connectivity index (χ3v) is 5.11. The monoisotopic (exact) mass is 378 g/mol. The summed E-state index contributed by atoms with van der Waals surface area (Å²) >= 11 is 1.73. The van der Waals surface area contributed by atoms with Crippen molar-refractivity contribution in [2.45, 2.75) is 30.1 Å². The molecule has 0 saturated carbocycles. The van der Waals surface area contributed by atoms with Crippen molar-refractivity contribution in [2.24, 2.45) is 0 Å². The van der Waals surface area contributed by atoms with Gasteiger partial charge in [0.05, 0.1) is 0 Å². The van der Waals surface area contributed by atoms with Crippen molar-refractivity contribution >= 4 is 17.7 Å². The van der Waals surface area contributed by atoms with Crippen molar-refractivity contribution in [1.82, 2.24) is 0 Å². The molecule has 0 amide bonds. The molecule has 4 heteroatoms. The van der Waals surface area contributed by atoms with E-state index in [0.29, 0.717) is 13.0 Å². The standard InChI is InChI=1S/C23H22O3S/c24-23(25)12-11-20-13-21(26-16-18-7-3-1-4-8-18)15-22(14-20)27-17-19-9-5-2-6-10-19/h1-10,13-15H,11-12,16-17H2,(H,24,25). The Labute approximate surface area is 164 Å². The van der Waals surface area contributed by atoms with Crippen molar-refractivity contribution in [3.8, 4) is 5.75 Å². The quantitative estimate of drug-likeness (QED) is 0.494. The van der Waals surface area contributed by atoms with Crippen LogP contribution in [0, 0.1) is 0 Å². The molecule has 0 aliphatic rings. The summed E-state index contributed by atoms with van der Waals surface area (Å²) in [4.78, 5) is 12.0. The van der Waals surface area contributed by atoms with E-state index < -0.39 is 5.97 Å². The number of hydrogen-bond acceptors (Lipinski definition) is 3. The van der Waals surface area contributed by atoms with Gasteiger partial charge < -0.3 is 9.84 Å². The molecule has 0 heterocycles. The topological polar surface area (TPSA) is 46.5 Å². The zero-order chi connectivity index (χ0) is 18.9. The maximum Gasteiger partial charge on any atom is 0.303 e. The van der Waals surface area contributed by atoms with E-state index in [-0.39, 0.29) is 6.42 Å².